The van der Waals surface area contributed by atoms with E-state index in [-0.39, 0.29) is 11.8 Å². The molecular weight excluding hydrogens is 368 g/mol. The van der Waals surface area contributed by atoms with Crippen molar-refractivity contribution >= 4 is 27.8 Å². The number of aromatic nitrogens is 1. The molecule has 122 valence electrons. The van der Waals surface area contributed by atoms with Crippen molar-refractivity contribution in [3.8, 4) is 11.1 Å². The minimum absolute atomic E-state index is 0.0352. The predicted molar refractivity (Wildman–Crippen MR) is 96.2 cm³/mol. The van der Waals surface area contributed by atoms with Crippen LogP contribution in [0, 0.1) is 5.92 Å². The Morgan fingerprint density at radius 1 is 1.25 bits per heavy atom. The first-order valence-electron chi connectivity index (χ1n) is 7.87. The largest absolute Gasteiger partial charge is 0.369 e. The molecule has 1 amide bonds. The smallest absolute Gasteiger partial charge is 0.261 e. The Morgan fingerprint density at radius 3 is 2.67 bits per heavy atom. The number of guanidine groups is 1. The van der Waals surface area contributed by atoms with Gasteiger partial charge in [0.1, 0.15) is 0 Å². The van der Waals surface area contributed by atoms with E-state index in [4.69, 9.17) is 5.73 Å². The number of nitrogens with two attached hydrogens (primary N) is 1. The lowest BCUT2D eigenvalue weighted by molar-refractivity contribution is -0.131. The van der Waals surface area contributed by atoms with Crippen LogP contribution in [0.2, 0.25) is 0 Å². The average Bonchev–Trinajstić information content (AvgIpc) is 3.40. The van der Waals surface area contributed by atoms with Crippen LogP contribution in [-0.4, -0.2) is 28.8 Å². The molecule has 2 heterocycles. The maximum Gasteiger partial charge on any atom is 0.261 e. The highest BCUT2D eigenvalue weighted by Gasteiger charge is 2.57. The van der Waals surface area contributed by atoms with Crippen molar-refractivity contribution in [1.29, 1.82) is 0 Å². The number of benzene rings is 1. The SMILES string of the molecule is CN1C(=O)[C@](c2cccc(-c3cncc(Br)c3)c2)(C2CC2)N=C1N. The number of pyridine rings is 1. The van der Waals surface area contributed by atoms with Gasteiger partial charge in [-0.05, 0) is 57.9 Å². The van der Waals surface area contributed by atoms with Gasteiger partial charge in [0.15, 0.2) is 11.5 Å². The van der Waals surface area contributed by atoms with Crippen LogP contribution in [0.5, 0.6) is 0 Å². The van der Waals surface area contributed by atoms with Gasteiger partial charge >= 0.3 is 0 Å². The van der Waals surface area contributed by atoms with Crippen LogP contribution < -0.4 is 5.73 Å². The van der Waals surface area contributed by atoms with Crippen LogP contribution in [0.1, 0.15) is 18.4 Å². The molecule has 24 heavy (non-hydrogen) atoms. The number of hydrogen-bond acceptors (Lipinski definition) is 4. The number of nitrogens with zero attached hydrogens (tertiary/aromatic N) is 3. The lowest BCUT2D eigenvalue weighted by atomic mass is 9.83. The highest BCUT2D eigenvalue weighted by Crippen LogP contribution is 2.51. The molecule has 0 unspecified atom stereocenters. The summed E-state index contributed by atoms with van der Waals surface area (Å²) in [5.41, 5.74) is 8.00. The quantitative estimate of drug-likeness (QED) is 0.883. The molecule has 0 spiro atoms. The molecule has 1 fully saturated rings. The normalized spacial score (nSPS) is 23.5. The molecule has 2 aromatic rings. The zero-order valence-corrected chi connectivity index (χ0v) is 14.8. The molecule has 1 aromatic heterocycles. The van der Waals surface area contributed by atoms with Crippen LogP contribution in [0.4, 0.5) is 0 Å². The van der Waals surface area contributed by atoms with Crippen LogP contribution in [0.15, 0.2) is 52.2 Å². The molecule has 1 aromatic carbocycles. The first-order chi connectivity index (χ1) is 11.5. The summed E-state index contributed by atoms with van der Waals surface area (Å²) in [4.78, 5) is 23.2. The molecule has 1 aliphatic heterocycles. The van der Waals surface area contributed by atoms with E-state index in [2.05, 4.69) is 25.9 Å². The fraction of sp³-hybridized carbons (Fsp3) is 0.278. The third-order valence-electron chi connectivity index (χ3n) is 4.77. The third kappa shape index (κ3) is 2.24. The summed E-state index contributed by atoms with van der Waals surface area (Å²) in [5, 5.41) is 0. The Morgan fingerprint density at radius 2 is 2.04 bits per heavy atom. The molecule has 2 aliphatic rings. The highest BCUT2D eigenvalue weighted by atomic mass is 79.9. The second-order valence-corrected chi connectivity index (χ2v) is 7.26. The van der Waals surface area contributed by atoms with Gasteiger partial charge in [-0.2, -0.15) is 0 Å². The Labute approximate surface area is 148 Å². The van der Waals surface area contributed by atoms with E-state index < -0.39 is 5.54 Å². The summed E-state index contributed by atoms with van der Waals surface area (Å²) in [5.74, 6) is 0.484. The molecule has 4 rings (SSSR count). The van der Waals surface area contributed by atoms with E-state index >= 15 is 0 Å². The van der Waals surface area contributed by atoms with Gasteiger partial charge in [-0.15, -0.1) is 0 Å². The maximum absolute atomic E-state index is 12.9. The van der Waals surface area contributed by atoms with Gasteiger partial charge < -0.3 is 5.73 Å². The molecular formula is C18H17BrN4O. The van der Waals surface area contributed by atoms with Crippen LogP contribution in [0.25, 0.3) is 11.1 Å². The molecule has 1 saturated carbocycles. The number of hydrogen-bond donors (Lipinski definition) is 1. The summed E-state index contributed by atoms with van der Waals surface area (Å²) in [6, 6.07) is 10.0. The zero-order chi connectivity index (χ0) is 16.9. The number of amides is 1. The van der Waals surface area contributed by atoms with E-state index in [1.54, 1.807) is 13.2 Å². The van der Waals surface area contributed by atoms with Crippen molar-refractivity contribution in [2.75, 3.05) is 7.05 Å². The summed E-state index contributed by atoms with van der Waals surface area (Å²) in [6.45, 7) is 0. The van der Waals surface area contributed by atoms with E-state index in [0.29, 0.717) is 5.96 Å². The maximum atomic E-state index is 12.9. The summed E-state index contributed by atoms with van der Waals surface area (Å²) >= 11 is 3.45. The first-order valence-corrected chi connectivity index (χ1v) is 8.66. The van der Waals surface area contributed by atoms with Gasteiger partial charge in [-0.3, -0.25) is 14.7 Å². The monoisotopic (exact) mass is 384 g/mol. The number of carbonyl (C=O) groups excluding carboxylic acids is 1. The highest BCUT2D eigenvalue weighted by molar-refractivity contribution is 9.10. The fourth-order valence-electron chi connectivity index (χ4n) is 3.36. The van der Waals surface area contributed by atoms with Crippen molar-refractivity contribution < 1.29 is 4.79 Å². The van der Waals surface area contributed by atoms with E-state index in [1.807, 2.05) is 36.5 Å². The van der Waals surface area contributed by atoms with Gasteiger partial charge in [0.2, 0.25) is 0 Å². The summed E-state index contributed by atoms with van der Waals surface area (Å²) < 4.78 is 0.918. The first kappa shape index (κ1) is 15.3. The second kappa shape index (κ2) is 5.41. The minimum Gasteiger partial charge on any atom is -0.369 e. The Bertz CT molecular complexity index is 862. The van der Waals surface area contributed by atoms with Crippen molar-refractivity contribution in [2.45, 2.75) is 18.4 Å². The van der Waals surface area contributed by atoms with Gasteiger partial charge in [-0.25, -0.2) is 4.99 Å². The number of aliphatic imine (C=N–C) groups is 1. The number of halogens is 1. The topological polar surface area (TPSA) is 71.6 Å². The number of carbonyl (C=O) groups is 1. The molecule has 1 aliphatic carbocycles. The Hall–Kier alpha value is -2.21. The molecule has 5 nitrogen and oxygen atoms in total. The second-order valence-electron chi connectivity index (χ2n) is 6.35. The van der Waals surface area contributed by atoms with Crippen LogP contribution in [-0.2, 0) is 10.3 Å². The minimum atomic E-state index is -0.867. The standard InChI is InChI=1S/C18H17BrN4O/c1-23-16(24)18(13-5-6-13,22-17(23)20)14-4-2-3-11(7-14)12-8-15(19)10-21-9-12/h2-4,7-10,13H,5-6H2,1H3,(H2,20,22)/t18-/m1/s1. The Kier molecular flexibility index (Phi) is 3.46. The van der Waals surface area contributed by atoms with Crippen molar-refractivity contribution in [3.05, 3.63) is 52.8 Å². The summed E-state index contributed by atoms with van der Waals surface area (Å²) in [6.07, 6.45) is 5.56. The average molecular weight is 385 g/mol. The van der Waals surface area contributed by atoms with E-state index in [0.717, 1.165) is 34.0 Å². The Balaban J connectivity index is 1.84. The third-order valence-corrected chi connectivity index (χ3v) is 5.21. The number of likely N-dealkylation sites (N-methyl/N-ethyl adjacent to an activating group) is 1. The van der Waals surface area contributed by atoms with Crippen LogP contribution >= 0.6 is 15.9 Å². The van der Waals surface area contributed by atoms with Crippen molar-refractivity contribution in [3.63, 3.8) is 0 Å². The van der Waals surface area contributed by atoms with Gasteiger partial charge in [-0.1, -0.05) is 18.2 Å². The lowest BCUT2D eigenvalue weighted by Gasteiger charge is -2.25. The zero-order valence-electron chi connectivity index (χ0n) is 13.2. The molecule has 2 N–H and O–H groups in total. The van der Waals surface area contributed by atoms with E-state index in [9.17, 15) is 4.79 Å². The molecule has 0 bridgehead atoms. The summed E-state index contributed by atoms with van der Waals surface area (Å²) in [7, 11) is 1.69. The van der Waals surface area contributed by atoms with Gasteiger partial charge in [0.25, 0.3) is 5.91 Å². The predicted octanol–water partition coefficient (Wildman–Crippen LogP) is 2.90. The molecule has 0 radical (unpaired) electrons. The van der Waals surface area contributed by atoms with E-state index in [1.165, 1.54) is 4.90 Å². The van der Waals surface area contributed by atoms with Crippen LogP contribution in [0.3, 0.4) is 0 Å². The van der Waals surface area contributed by atoms with Crippen molar-refractivity contribution in [1.82, 2.24) is 9.88 Å². The molecule has 0 saturated heterocycles. The van der Waals surface area contributed by atoms with Gasteiger partial charge in [0, 0.05) is 29.5 Å². The van der Waals surface area contributed by atoms with Crippen molar-refractivity contribution in [2.24, 2.45) is 16.6 Å². The lowest BCUT2D eigenvalue weighted by Crippen LogP contribution is -2.41. The van der Waals surface area contributed by atoms with Gasteiger partial charge in [0.05, 0.1) is 0 Å². The number of rotatable bonds is 3. The molecule has 1 atom stereocenters. The fourth-order valence-corrected chi connectivity index (χ4v) is 3.72. The molecule has 6 heteroatoms.